The van der Waals surface area contributed by atoms with Gasteiger partial charge in [0.2, 0.25) is 0 Å². The molecule has 2 fully saturated rings. The molecule has 3 atom stereocenters. The predicted octanol–water partition coefficient (Wildman–Crippen LogP) is 3.14. The van der Waals surface area contributed by atoms with Gasteiger partial charge in [-0.1, -0.05) is 12.8 Å². The fraction of sp³-hybridized carbons (Fsp3) is 0.938. The Labute approximate surface area is 117 Å². The first kappa shape index (κ1) is 14.8. The maximum absolute atomic E-state index is 11.1. The van der Waals surface area contributed by atoms with E-state index < -0.39 is 0 Å². The van der Waals surface area contributed by atoms with Crippen molar-refractivity contribution in [3.05, 3.63) is 0 Å². The lowest BCUT2D eigenvalue weighted by atomic mass is 9.89. The lowest BCUT2D eigenvalue weighted by molar-refractivity contribution is -0.143. The maximum Gasteiger partial charge on any atom is 0.305 e. The SMILES string of the molecule is CCOC(=O)CCCCCNCC1CC2CCC1C2. The highest BCUT2D eigenvalue weighted by Crippen LogP contribution is 2.47. The Bertz CT molecular complexity index is 280. The molecule has 2 rings (SSSR count). The van der Waals surface area contributed by atoms with Gasteiger partial charge >= 0.3 is 5.97 Å². The number of fused-ring (bicyclic) bond motifs is 2. The van der Waals surface area contributed by atoms with Crippen molar-refractivity contribution < 1.29 is 9.53 Å². The molecule has 0 radical (unpaired) electrons. The summed E-state index contributed by atoms with van der Waals surface area (Å²) in [5.41, 5.74) is 0. The average molecular weight is 267 g/mol. The van der Waals surface area contributed by atoms with E-state index in [1.165, 1.54) is 38.6 Å². The van der Waals surface area contributed by atoms with E-state index in [4.69, 9.17) is 4.74 Å². The van der Waals surface area contributed by atoms with E-state index in [2.05, 4.69) is 5.32 Å². The highest BCUT2D eigenvalue weighted by molar-refractivity contribution is 5.69. The summed E-state index contributed by atoms with van der Waals surface area (Å²) < 4.78 is 4.91. The molecule has 3 unspecified atom stereocenters. The third-order valence-electron chi connectivity index (χ3n) is 4.83. The highest BCUT2D eigenvalue weighted by Gasteiger charge is 2.38. The molecule has 2 bridgehead atoms. The molecule has 2 aliphatic carbocycles. The molecule has 0 aromatic heterocycles. The molecule has 0 aromatic rings. The summed E-state index contributed by atoms with van der Waals surface area (Å²) >= 11 is 0. The molecule has 3 heteroatoms. The van der Waals surface area contributed by atoms with Crippen molar-refractivity contribution in [3.63, 3.8) is 0 Å². The van der Waals surface area contributed by atoms with Crippen LogP contribution >= 0.6 is 0 Å². The molecule has 2 saturated carbocycles. The number of carbonyl (C=O) groups is 1. The third kappa shape index (κ3) is 4.79. The second-order valence-electron chi connectivity index (χ2n) is 6.25. The molecule has 0 saturated heterocycles. The van der Waals surface area contributed by atoms with Gasteiger partial charge in [0.1, 0.15) is 0 Å². The van der Waals surface area contributed by atoms with Crippen LogP contribution in [0.5, 0.6) is 0 Å². The fourth-order valence-electron chi connectivity index (χ4n) is 3.84. The largest absolute Gasteiger partial charge is 0.466 e. The number of esters is 1. The van der Waals surface area contributed by atoms with Gasteiger partial charge in [-0.05, 0) is 69.9 Å². The number of unbranched alkanes of at least 4 members (excludes halogenated alkanes) is 2. The van der Waals surface area contributed by atoms with Crippen LogP contribution in [0.15, 0.2) is 0 Å². The van der Waals surface area contributed by atoms with Gasteiger partial charge < -0.3 is 10.1 Å². The molecule has 110 valence electrons. The summed E-state index contributed by atoms with van der Waals surface area (Å²) in [7, 11) is 0. The smallest absolute Gasteiger partial charge is 0.305 e. The second-order valence-corrected chi connectivity index (χ2v) is 6.25. The Morgan fingerprint density at radius 3 is 2.79 bits per heavy atom. The third-order valence-corrected chi connectivity index (χ3v) is 4.83. The average Bonchev–Trinajstić information content (AvgIpc) is 3.00. The minimum absolute atomic E-state index is 0.0440. The molecule has 19 heavy (non-hydrogen) atoms. The standard InChI is InChI=1S/C16H29NO2/c1-2-19-16(18)6-4-3-5-9-17-12-15-11-13-7-8-14(15)10-13/h13-15,17H,2-12H2,1H3. The Kier molecular flexibility index (Phi) is 6.15. The number of carbonyl (C=O) groups excluding carboxylic acids is 1. The monoisotopic (exact) mass is 267 g/mol. The van der Waals surface area contributed by atoms with Crippen molar-refractivity contribution in [2.24, 2.45) is 17.8 Å². The van der Waals surface area contributed by atoms with Crippen LogP contribution in [0.4, 0.5) is 0 Å². The summed E-state index contributed by atoms with van der Waals surface area (Å²) in [5.74, 6) is 3.00. The number of rotatable bonds is 9. The second kappa shape index (κ2) is 7.88. The topological polar surface area (TPSA) is 38.3 Å². The van der Waals surface area contributed by atoms with Gasteiger partial charge in [0.15, 0.2) is 0 Å². The predicted molar refractivity (Wildman–Crippen MR) is 76.9 cm³/mol. The summed E-state index contributed by atoms with van der Waals surface area (Å²) in [6, 6.07) is 0. The number of hydrogen-bond acceptors (Lipinski definition) is 3. The highest BCUT2D eigenvalue weighted by atomic mass is 16.5. The number of ether oxygens (including phenoxy) is 1. The zero-order valence-corrected chi connectivity index (χ0v) is 12.3. The molecule has 0 heterocycles. The van der Waals surface area contributed by atoms with Gasteiger partial charge in [-0.15, -0.1) is 0 Å². The van der Waals surface area contributed by atoms with Crippen LogP contribution < -0.4 is 5.32 Å². The fourth-order valence-corrected chi connectivity index (χ4v) is 3.84. The van der Waals surface area contributed by atoms with Crippen LogP contribution in [0.3, 0.4) is 0 Å². The normalized spacial score (nSPS) is 28.8. The first-order valence-corrected chi connectivity index (χ1v) is 8.16. The van der Waals surface area contributed by atoms with Crippen LogP contribution in [0, 0.1) is 17.8 Å². The Hall–Kier alpha value is -0.570. The van der Waals surface area contributed by atoms with Gasteiger partial charge in [-0.2, -0.15) is 0 Å². The lowest BCUT2D eigenvalue weighted by Crippen LogP contribution is -2.27. The van der Waals surface area contributed by atoms with Crippen molar-refractivity contribution in [1.29, 1.82) is 0 Å². The zero-order valence-electron chi connectivity index (χ0n) is 12.3. The van der Waals surface area contributed by atoms with Gasteiger partial charge in [0, 0.05) is 6.42 Å². The van der Waals surface area contributed by atoms with Crippen LogP contribution in [0.2, 0.25) is 0 Å². The quantitative estimate of drug-likeness (QED) is 0.515. The number of hydrogen-bond donors (Lipinski definition) is 1. The molecule has 0 aliphatic heterocycles. The van der Waals surface area contributed by atoms with E-state index in [1.54, 1.807) is 0 Å². The van der Waals surface area contributed by atoms with E-state index in [0.29, 0.717) is 13.0 Å². The van der Waals surface area contributed by atoms with Gasteiger partial charge in [-0.25, -0.2) is 0 Å². The molecule has 0 aromatic carbocycles. The number of nitrogens with one attached hydrogen (secondary N) is 1. The van der Waals surface area contributed by atoms with E-state index in [-0.39, 0.29) is 5.97 Å². The van der Waals surface area contributed by atoms with Gasteiger partial charge in [0.25, 0.3) is 0 Å². The Balaban J connectivity index is 1.39. The van der Waals surface area contributed by atoms with Crippen LogP contribution in [-0.4, -0.2) is 25.7 Å². The van der Waals surface area contributed by atoms with Crippen molar-refractivity contribution in [2.45, 2.75) is 58.3 Å². The lowest BCUT2D eigenvalue weighted by Gasteiger charge is -2.21. The van der Waals surface area contributed by atoms with Crippen molar-refractivity contribution in [3.8, 4) is 0 Å². The molecule has 2 aliphatic rings. The van der Waals surface area contributed by atoms with Crippen molar-refractivity contribution in [2.75, 3.05) is 19.7 Å². The minimum Gasteiger partial charge on any atom is -0.466 e. The molecule has 1 N–H and O–H groups in total. The summed E-state index contributed by atoms with van der Waals surface area (Å²) in [5, 5.41) is 3.61. The molecule has 0 spiro atoms. The summed E-state index contributed by atoms with van der Waals surface area (Å²) in [6.07, 6.45) is 9.82. The Morgan fingerprint density at radius 1 is 1.21 bits per heavy atom. The summed E-state index contributed by atoms with van der Waals surface area (Å²) in [6.45, 7) is 4.69. The van der Waals surface area contributed by atoms with E-state index in [9.17, 15) is 4.79 Å². The zero-order chi connectivity index (χ0) is 13.5. The molecular formula is C16H29NO2. The molecule has 3 nitrogen and oxygen atoms in total. The van der Waals surface area contributed by atoms with Crippen molar-refractivity contribution >= 4 is 5.97 Å². The van der Waals surface area contributed by atoms with Crippen LogP contribution in [0.25, 0.3) is 0 Å². The summed E-state index contributed by atoms with van der Waals surface area (Å²) in [4.78, 5) is 11.1. The van der Waals surface area contributed by atoms with Gasteiger partial charge in [-0.3, -0.25) is 4.79 Å². The first-order valence-electron chi connectivity index (χ1n) is 8.16. The van der Waals surface area contributed by atoms with Crippen LogP contribution in [0.1, 0.15) is 58.3 Å². The van der Waals surface area contributed by atoms with Crippen molar-refractivity contribution in [1.82, 2.24) is 5.32 Å². The minimum atomic E-state index is -0.0440. The molecular weight excluding hydrogens is 238 g/mol. The van der Waals surface area contributed by atoms with Crippen LogP contribution in [-0.2, 0) is 9.53 Å². The molecule has 0 amide bonds. The Morgan fingerprint density at radius 2 is 2.11 bits per heavy atom. The van der Waals surface area contributed by atoms with Gasteiger partial charge in [0.05, 0.1) is 6.61 Å². The first-order chi connectivity index (χ1) is 9.29. The maximum atomic E-state index is 11.1. The van der Waals surface area contributed by atoms with E-state index in [1.807, 2.05) is 6.92 Å². The van der Waals surface area contributed by atoms with E-state index >= 15 is 0 Å². The van der Waals surface area contributed by atoms with E-state index in [0.717, 1.165) is 37.1 Å².